The average molecular weight is 222 g/mol. The van der Waals surface area contributed by atoms with Gasteiger partial charge in [0.05, 0.1) is 12.4 Å². The molecule has 0 radical (unpaired) electrons. The van der Waals surface area contributed by atoms with Crippen molar-refractivity contribution >= 4 is 5.82 Å². The summed E-state index contributed by atoms with van der Waals surface area (Å²) in [7, 11) is 3.95. The fourth-order valence-corrected chi connectivity index (χ4v) is 1.53. The molecule has 1 aliphatic rings. The highest BCUT2D eigenvalue weighted by atomic mass is 16.5. The lowest BCUT2D eigenvalue weighted by Gasteiger charge is -2.15. The molecule has 0 aromatic carbocycles. The van der Waals surface area contributed by atoms with Gasteiger partial charge in [-0.1, -0.05) is 0 Å². The summed E-state index contributed by atoms with van der Waals surface area (Å²) in [5, 5.41) is 2.93. The molecule has 5 nitrogen and oxygen atoms in total. The van der Waals surface area contributed by atoms with Crippen LogP contribution in [0.15, 0.2) is 12.4 Å². The van der Waals surface area contributed by atoms with Gasteiger partial charge in [0.1, 0.15) is 12.4 Å². The van der Waals surface area contributed by atoms with Gasteiger partial charge in [0.25, 0.3) is 0 Å². The number of likely N-dealkylation sites (N-methyl/N-ethyl adjacent to an activating group) is 1. The molecular weight excluding hydrogens is 204 g/mol. The van der Waals surface area contributed by atoms with Gasteiger partial charge in [0.15, 0.2) is 0 Å². The van der Waals surface area contributed by atoms with Crippen LogP contribution in [-0.4, -0.2) is 48.2 Å². The lowest BCUT2D eigenvalue weighted by Crippen LogP contribution is -2.26. The van der Waals surface area contributed by atoms with Gasteiger partial charge >= 0.3 is 0 Å². The molecule has 1 aromatic heterocycles. The predicted octanol–water partition coefficient (Wildman–Crippen LogP) is 0.991. The van der Waals surface area contributed by atoms with Crippen LogP contribution in [-0.2, 0) is 0 Å². The molecule has 0 spiro atoms. The highest BCUT2D eigenvalue weighted by Gasteiger charge is 2.25. The van der Waals surface area contributed by atoms with Crippen LogP contribution in [0.2, 0.25) is 0 Å². The van der Waals surface area contributed by atoms with Gasteiger partial charge in [-0.3, -0.25) is 4.98 Å². The molecule has 1 aliphatic carbocycles. The molecule has 0 bridgehead atoms. The summed E-state index contributed by atoms with van der Waals surface area (Å²) in [6.07, 6.45) is 5.96. The van der Waals surface area contributed by atoms with E-state index in [0.29, 0.717) is 12.5 Å². The molecule has 0 amide bonds. The van der Waals surface area contributed by atoms with E-state index in [0.717, 1.165) is 18.4 Å². The standard InChI is InChI=1S/C11H18N4O/c1-12-10-7-13-8-11(14-10)16-6-5-15(2)9-3-4-9/h7-9H,3-6H2,1-2H3,(H,12,14). The summed E-state index contributed by atoms with van der Waals surface area (Å²) in [6, 6.07) is 0.776. The Labute approximate surface area is 95.8 Å². The van der Waals surface area contributed by atoms with Crippen molar-refractivity contribution in [3.8, 4) is 5.88 Å². The number of nitrogens with zero attached hydrogens (tertiary/aromatic N) is 3. The Morgan fingerprint density at radius 3 is 3.00 bits per heavy atom. The van der Waals surface area contributed by atoms with Crippen molar-refractivity contribution < 1.29 is 4.74 Å². The summed E-state index contributed by atoms with van der Waals surface area (Å²) in [5.74, 6) is 1.31. The maximum absolute atomic E-state index is 5.54. The van der Waals surface area contributed by atoms with Gasteiger partial charge in [-0.05, 0) is 19.9 Å². The second-order valence-electron chi connectivity index (χ2n) is 4.05. The minimum absolute atomic E-state index is 0.580. The molecular formula is C11H18N4O. The number of hydrogen-bond acceptors (Lipinski definition) is 5. The second-order valence-corrected chi connectivity index (χ2v) is 4.05. The van der Waals surface area contributed by atoms with Gasteiger partial charge in [0.2, 0.25) is 5.88 Å². The Balaban J connectivity index is 1.75. The molecule has 1 aromatic rings. The Kier molecular flexibility index (Phi) is 3.56. The van der Waals surface area contributed by atoms with Crippen LogP contribution in [0, 0.1) is 0 Å². The Morgan fingerprint density at radius 2 is 2.31 bits per heavy atom. The Morgan fingerprint density at radius 1 is 1.50 bits per heavy atom. The number of nitrogens with one attached hydrogen (secondary N) is 1. The highest BCUT2D eigenvalue weighted by Crippen LogP contribution is 2.24. The average Bonchev–Trinajstić information content (AvgIpc) is 3.13. The first kappa shape index (κ1) is 11.1. The van der Waals surface area contributed by atoms with E-state index in [1.54, 1.807) is 12.4 Å². The van der Waals surface area contributed by atoms with E-state index in [4.69, 9.17) is 4.74 Å². The highest BCUT2D eigenvalue weighted by molar-refractivity contribution is 5.31. The zero-order chi connectivity index (χ0) is 11.4. The van der Waals surface area contributed by atoms with Gasteiger partial charge < -0.3 is 15.0 Å². The predicted molar refractivity (Wildman–Crippen MR) is 62.7 cm³/mol. The Bertz CT molecular complexity index is 341. The largest absolute Gasteiger partial charge is 0.475 e. The third kappa shape index (κ3) is 3.06. The molecule has 16 heavy (non-hydrogen) atoms. The fourth-order valence-electron chi connectivity index (χ4n) is 1.53. The summed E-state index contributed by atoms with van der Waals surface area (Å²) in [5.41, 5.74) is 0. The third-order valence-corrected chi connectivity index (χ3v) is 2.73. The van der Waals surface area contributed by atoms with E-state index in [2.05, 4.69) is 27.2 Å². The van der Waals surface area contributed by atoms with E-state index in [1.807, 2.05) is 7.05 Å². The molecule has 88 valence electrons. The maximum Gasteiger partial charge on any atom is 0.234 e. The molecule has 1 fully saturated rings. The van der Waals surface area contributed by atoms with Crippen LogP contribution in [0.1, 0.15) is 12.8 Å². The van der Waals surface area contributed by atoms with Gasteiger partial charge in [-0.25, -0.2) is 0 Å². The van der Waals surface area contributed by atoms with Crippen LogP contribution in [0.3, 0.4) is 0 Å². The maximum atomic E-state index is 5.54. The number of aromatic nitrogens is 2. The van der Waals surface area contributed by atoms with Crippen LogP contribution >= 0.6 is 0 Å². The van der Waals surface area contributed by atoms with Gasteiger partial charge in [-0.15, -0.1) is 0 Å². The molecule has 1 heterocycles. The monoisotopic (exact) mass is 222 g/mol. The summed E-state index contributed by atoms with van der Waals surface area (Å²) in [4.78, 5) is 10.6. The topological polar surface area (TPSA) is 50.3 Å². The minimum Gasteiger partial charge on any atom is -0.475 e. The fraction of sp³-hybridized carbons (Fsp3) is 0.636. The summed E-state index contributed by atoms with van der Waals surface area (Å²) >= 11 is 0. The number of anilines is 1. The van der Waals surface area contributed by atoms with E-state index in [-0.39, 0.29) is 0 Å². The van der Waals surface area contributed by atoms with Crippen molar-refractivity contribution in [2.24, 2.45) is 0 Å². The lowest BCUT2D eigenvalue weighted by atomic mass is 10.5. The van der Waals surface area contributed by atoms with Gasteiger partial charge in [-0.2, -0.15) is 4.98 Å². The zero-order valence-corrected chi connectivity index (χ0v) is 9.81. The minimum atomic E-state index is 0.580. The smallest absolute Gasteiger partial charge is 0.234 e. The molecule has 1 N–H and O–H groups in total. The summed E-state index contributed by atoms with van der Waals surface area (Å²) in [6.45, 7) is 1.60. The van der Waals surface area contributed by atoms with Crippen LogP contribution < -0.4 is 10.1 Å². The first-order valence-electron chi connectivity index (χ1n) is 5.62. The van der Waals surface area contributed by atoms with E-state index in [1.165, 1.54) is 12.8 Å². The first-order chi connectivity index (χ1) is 7.79. The van der Waals surface area contributed by atoms with Crippen molar-refractivity contribution in [1.29, 1.82) is 0 Å². The normalized spacial score (nSPS) is 15.2. The van der Waals surface area contributed by atoms with E-state index >= 15 is 0 Å². The quantitative estimate of drug-likeness (QED) is 0.778. The zero-order valence-electron chi connectivity index (χ0n) is 9.81. The SMILES string of the molecule is CNc1cncc(OCCN(C)C2CC2)n1. The number of ether oxygens (including phenoxy) is 1. The van der Waals surface area contributed by atoms with E-state index < -0.39 is 0 Å². The molecule has 0 aliphatic heterocycles. The lowest BCUT2D eigenvalue weighted by molar-refractivity contribution is 0.226. The van der Waals surface area contributed by atoms with Crippen LogP contribution in [0.25, 0.3) is 0 Å². The number of hydrogen-bond donors (Lipinski definition) is 1. The molecule has 5 heteroatoms. The van der Waals surface area contributed by atoms with Gasteiger partial charge in [0, 0.05) is 19.6 Å². The molecule has 1 saturated carbocycles. The Hall–Kier alpha value is -1.36. The number of rotatable bonds is 6. The summed E-state index contributed by atoms with van der Waals surface area (Å²) < 4.78 is 5.54. The van der Waals surface area contributed by atoms with Crippen molar-refractivity contribution in [2.75, 3.05) is 32.6 Å². The van der Waals surface area contributed by atoms with Crippen molar-refractivity contribution in [2.45, 2.75) is 18.9 Å². The van der Waals surface area contributed by atoms with E-state index in [9.17, 15) is 0 Å². The second kappa shape index (κ2) is 5.12. The van der Waals surface area contributed by atoms with Crippen molar-refractivity contribution in [3.05, 3.63) is 12.4 Å². The first-order valence-corrected chi connectivity index (χ1v) is 5.62. The van der Waals surface area contributed by atoms with Crippen molar-refractivity contribution in [3.63, 3.8) is 0 Å². The van der Waals surface area contributed by atoms with Crippen LogP contribution in [0.5, 0.6) is 5.88 Å². The van der Waals surface area contributed by atoms with Crippen molar-refractivity contribution in [1.82, 2.24) is 14.9 Å². The molecule has 0 saturated heterocycles. The van der Waals surface area contributed by atoms with Crippen LogP contribution in [0.4, 0.5) is 5.82 Å². The molecule has 0 unspecified atom stereocenters. The third-order valence-electron chi connectivity index (χ3n) is 2.73. The molecule has 2 rings (SSSR count). The molecule has 0 atom stereocenters.